The fourth-order valence-electron chi connectivity index (χ4n) is 1.76. The van der Waals surface area contributed by atoms with Gasteiger partial charge in [-0.3, -0.25) is 5.43 Å². The Hall–Kier alpha value is -2.37. The summed E-state index contributed by atoms with van der Waals surface area (Å²) in [5, 5.41) is 5.90. The standard InChI is InChI=1S/C13H18N4O2/c1-9-5-4-6-10(13(9)14)8-17-15-11(18-2)7-12(16-17)19-3/h4-7,15H,8,14H2,1-3H3. The van der Waals surface area contributed by atoms with Crippen molar-refractivity contribution in [3.8, 4) is 0 Å². The molecule has 2 rings (SSSR count). The number of hydrogen-bond donors (Lipinski definition) is 2. The number of nitrogens with two attached hydrogens (primary N) is 1. The molecule has 6 nitrogen and oxygen atoms in total. The number of nitrogen functional groups attached to an aromatic ring is 1. The van der Waals surface area contributed by atoms with Crippen molar-refractivity contribution in [2.24, 2.45) is 5.10 Å². The van der Waals surface area contributed by atoms with Gasteiger partial charge in [-0.1, -0.05) is 18.2 Å². The average Bonchev–Trinajstić information content (AvgIpc) is 2.43. The summed E-state index contributed by atoms with van der Waals surface area (Å²) in [5.41, 5.74) is 11.9. The molecule has 0 amide bonds. The highest BCUT2D eigenvalue weighted by Crippen LogP contribution is 2.19. The first kappa shape index (κ1) is 13.1. The van der Waals surface area contributed by atoms with Crippen LogP contribution in [0, 0.1) is 6.92 Å². The van der Waals surface area contributed by atoms with E-state index in [1.165, 1.54) is 0 Å². The summed E-state index contributed by atoms with van der Waals surface area (Å²) in [6.07, 6.45) is 1.68. The van der Waals surface area contributed by atoms with E-state index in [4.69, 9.17) is 15.2 Å². The molecule has 1 aromatic rings. The van der Waals surface area contributed by atoms with Crippen LogP contribution in [0.3, 0.4) is 0 Å². The lowest BCUT2D eigenvalue weighted by molar-refractivity contribution is 0.127. The largest absolute Gasteiger partial charge is 0.481 e. The number of methoxy groups -OCH3 is 2. The minimum absolute atomic E-state index is 0.474. The van der Waals surface area contributed by atoms with Crippen molar-refractivity contribution in [2.45, 2.75) is 13.5 Å². The number of anilines is 1. The van der Waals surface area contributed by atoms with Crippen molar-refractivity contribution in [2.75, 3.05) is 20.0 Å². The van der Waals surface area contributed by atoms with E-state index in [0.29, 0.717) is 18.3 Å². The van der Waals surface area contributed by atoms with E-state index in [-0.39, 0.29) is 0 Å². The molecular weight excluding hydrogens is 244 g/mol. The van der Waals surface area contributed by atoms with Crippen molar-refractivity contribution < 1.29 is 9.47 Å². The van der Waals surface area contributed by atoms with Crippen LogP contribution in [0.1, 0.15) is 11.1 Å². The third-order valence-electron chi connectivity index (χ3n) is 2.88. The van der Waals surface area contributed by atoms with Crippen LogP contribution in [0.25, 0.3) is 0 Å². The summed E-state index contributed by atoms with van der Waals surface area (Å²) >= 11 is 0. The molecule has 1 heterocycles. The lowest BCUT2D eigenvalue weighted by Crippen LogP contribution is -2.37. The van der Waals surface area contributed by atoms with Crippen LogP contribution in [0.15, 0.2) is 35.3 Å². The number of rotatable bonds is 3. The zero-order chi connectivity index (χ0) is 13.8. The lowest BCUT2D eigenvalue weighted by atomic mass is 10.1. The van der Waals surface area contributed by atoms with Crippen LogP contribution in [-0.4, -0.2) is 25.2 Å². The van der Waals surface area contributed by atoms with Crippen LogP contribution in [0.2, 0.25) is 0 Å². The molecule has 0 radical (unpaired) electrons. The van der Waals surface area contributed by atoms with Crippen molar-refractivity contribution in [1.29, 1.82) is 0 Å². The maximum absolute atomic E-state index is 6.05. The van der Waals surface area contributed by atoms with Crippen LogP contribution >= 0.6 is 0 Å². The van der Waals surface area contributed by atoms with Crippen LogP contribution in [0.5, 0.6) is 0 Å². The van der Waals surface area contributed by atoms with E-state index in [1.807, 2.05) is 25.1 Å². The first-order valence-corrected chi connectivity index (χ1v) is 5.90. The maximum Gasteiger partial charge on any atom is 0.237 e. The number of nitrogens with one attached hydrogen (secondary N) is 1. The fourth-order valence-corrected chi connectivity index (χ4v) is 1.76. The van der Waals surface area contributed by atoms with Crippen LogP contribution < -0.4 is 11.2 Å². The van der Waals surface area contributed by atoms with Gasteiger partial charge in [0.1, 0.15) is 0 Å². The minimum atomic E-state index is 0.474. The predicted octanol–water partition coefficient (Wildman–Crippen LogP) is 1.35. The van der Waals surface area contributed by atoms with E-state index < -0.39 is 0 Å². The second-order valence-corrected chi connectivity index (χ2v) is 4.17. The summed E-state index contributed by atoms with van der Waals surface area (Å²) in [4.78, 5) is 0. The number of para-hydroxylation sites is 1. The van der Waals surface area contributed by atoms with Gasteiger partial charge in [0.25, 0.3) is 0 Å². The molecule has 0 atom stereocenters. The Morgan fingerprint density at radius 2 is 2.11 bits per heavy atom. The molecule has 0 aliphatic carbocycles. The molecule has 1 aliphatic rings. The highest BCUT2D eigenvalue weighted by molar-refractivity contribution is 5.88. The zero-order valence-electron chi connectivity index (χ0n) is 11.3. The molecule has 0 saturated carbocycles. The number of hydrazine groups is 1. The number of ether oxygens (including phenoxy) is 2. The maximum atomic E-state index is 6.05. The van der Waals surface area contributed by atoms with Gasteiger partial charge in [-0.05, 0) is 18.1 Å². The van der Waals surface area contributed by atoms with Gasteiger partial charge in [0.2, 0.25) is 11.8 Å². The summed E-state index contributed by atoms with van der Waals surface area (Å²) in [6, 6.07) is 5.92. The smallest absolute Gasteiger partial charge is 0.237 e. The molecule has 1 aliphatic heterocycles. The van der Waals surface area contributed by atoms with E-state index in [2.05, 4.69) is 10.5 Å². The quantitative estimate of drug-likeness (QED) is 0.804. The summed E-state index contributed by atoms with van der Waals surface area (Å²) in [6.45, 7) is 2.49. The Labute approximate surface area is 112 Å². The average molecular weight is 262 g/mol. The number of benzene rings is 1. The monoisotopic (exact) mass is 262 g/mol. The van der Waals surface area contributed by atoms with Gasteiger partial charge in [-0.2, -0.15) is 5.12 Å². The number of hydrogen-bond acceptors (Lipinski definition) is 6. The third-order valence-corrected chi connectivity index (χ3v) is 2.88. The van der Waals surface area contributed by atoms with Crippen molar-refractivity contribution in [3.05, 3.63) is 41.3 Å². The topological polar surface area (TPSA) is 72.1 Å². The number of aryl methyl sites for hydroxylation is 1. The molecule has 0 saturated heterocycles. The highest BCUT2D eigenvalue weighted by atomic mass is 16.5. The molecule has 0 aromatic heterocycles. The Morgan fingerprint density at radius 3 is 2.79 bits per heavy atom. The second-order valence-electron chi connectivity index (χ2n) is 4.17. The lowest BCUT2D eigenvalue weighted by Gasteiger charge is -2.26. The molecule has 6 heteroatoms. The number of hydrazone groups is 1. The van der Waals surface area contributed by atoms with E-state index in [9.17, 15) is 0 Å². The first-order chi connectivity index (χ1) is 9.13. The van der Waals surface area contributed by atoms with E-state index in [0.717, 1.165) is 16.8 Å². The van der Waals surface area contributed by atoms with Crippen molar-refractivity contribution in [3.63, 3.8) is 0 Å². The Morgan fingerprint density at radius 1 is 1.32 bits per heavy atom. The highest BCUT2D eigenvalue weighted by Gasteiger charge is 2.15. The van der Waals surface area contributed by atoms with Gasteiger partial charge in [0, 0.05) is 5.69 Å². The summed E-state index contributed by atoms with van der Waals surface area (Å²) in [5.74, 6) is 1.04. The predicted molar refractivity (Wildman–Crippen MR) is 73.8 cm³/mol. The number of nitrogens with zero attached hydrogens (tertiary/aromatic N) is 2. The molecule has 0 unspecified atom stereocenters. The van der Waals surface area contributed by atoms with E-state index >= 15 is 0 Å². The van der Waals surface area contributed by atoms with Gasteiger partial charge in [-0.15, -0.1) is 5.10 Å². The van der Waals surface area contributed by atoms with Gasteiger partial charge in [0.05, 0.1) is 26.8 Å². The zero-order valence-corrected chi connectivity index (χ0v) is 11.3. The van der Waals surface area contributed by atoms with Gasteiger partial charge < -0.3 is 15.2 Å². The van der Waals surface area contributed by atoms with Crippen molar-refractivity contribution in [1.82, 2.24) is 10.5 Å². The SMILES string of the molecule is COC1=CC(OC)=NN(Cc2cccc(C)c2N)N1. The van der Waals surface area contributed by atoms with Gasteiger partial charge in [0.15, 0.2) is 0 Å². The van der Waals surface area contributed by atoms with E-state index in [1.54, 1.807) is 25.4 Å². The van der Waals surface area contributed by atoms with Crippen LogP contribution in [-0.2, 0) is 16.0 Å². The molecule has 102 valence electrons. The molecule has 19 heavy (non-hydrogen) atoms. The summed E-state index contributed by atoms with van der Waals surface area (Å²) in [7, 11) is 3.14. The fraction of sp³-hybridized carbons (Fsp3) is 0.308. The Kier molecular flexibility index (Phi) is 3.79. The van der Waals surface area contributed by atoms with Gasteiger partial charge >= 0.3 is 0 Å². The molecule has 0 bridgehead atoms. The minimum Gasteiger partial charge on any atom is -0.481 e. The molecule has 1 aromatic carbocycles. The Balaban J connectivity index is 2.18. The molecular formula is C13H18N4O2. The first-order valence-electron chi connectivity index (χ1n) is 5.90. The molecule has 3 N–H and O–H groups in total. The van der Waals surface area contributed by atoms with Gasteiger partial charge in [-0.25, -0.2) is 0 Å². The second kappa shape index (κ2) is 5.51. The normalized spacial score (nSPS) is 14.4. The molecule has 0 fully saturated rings. The van der Waals surface area contributed by atoms with Crippen molar-refractivity contribution >= 4 is 11.6 Å². The summed E-state index contributed by atoms with van der Waals surface area (Å²) < 4.78 is 10.3. The van der Waals surface area contributed by atoms with Crippen LogP contribution in [0.4, 0.5) is 5.69 Å². The Bertz CT molecular complexity index is 525. The molecule has 0 spiro atoms. The third kappa shape index (κ3) is 2.90.